The number of fused-ring (bicyclic) bond motifs is 1. The Hall–Kier alpha value is -4.07. The van der Waals surface area contributed by atoms with E-state index in [-0.39, 0.29) is 11.5 Å². The molecule has 0 bridgehead atoms. The van der Waals surface area contributed by atoms with E-state index in [4.69, 9.17) is 0 Å². The monoisotopic (exact) mass is 447 g/mol. The quantitative estimate of drug-likeness (QED) is 0.353. The van der Waals surface area contributed by atoms with Gasteiger partial charge >= 0.3 is 0 Å². The first-order chi connectivity index (χ1) is 16.2. The predicted molar refractivity (Wildman–Crippen MR) is 146 cm³/mol. The first-order valence-electron chi connectivity index (χ1n) is 11.0. The van der Waals surface area contributed by atoms with Crippen molar-refractivity contribution in [3.8, 4) is 11.1 Å². The highest BCUT2D eigenvalue weighted by molar-refractivity contribution is 6.56. The molecule has 2 aromatic carbocycles. The second-order valence-electron chi connectivity index (χ2n) is 8.50. The molecule has 34 heavy (non-hydrogen) atoms. The van der Waals surface area contributed by atoms with Crippen molar-refractivity contribution in [2.45, 2.75) is 6.92 Å². The summed E-state index contributed by atoms with van der Waals surface area (Å²) in [5.74, 6) is 0.406. The number of carbonyl (C=O) groups is 1. The first kappa shape index (κ1) is 23.1. The normalized spacial score (nSPS) is 10.6. The molecule has 2 heterocycles. The van der Waals surface area contributed by atoms with Crippen LogP contribution in [0, 0.1) is 6.92 Å². The summed E-state index contributed by atoms with van der Waals surface area (Å²) in [4.78, 5) is 38.4. The second kappa shape index (κ2) is 9.43. The van der Waals surface area contributed by atoms with Crippen molar-refractivity contribution >= 4 is 57.7 Å². The van der Waals surface area contributed by atoms with Crippen LogP contribution in [-0.4, -0.2) is 51.4 Å². The largest absolute Gasteiger partial charge is 0.329 e. The van der Waals surface area contributed by atoms with Crippen LogP contribution in [0.2, 0.25) is 0 Å². The summed E-state index contributed by atoms with van der Waals surface area (Å²) in [5.41, 5.74) is 5.28. The molecule has 1 amide bonds. The standard InChI is InChI=1S/C24H24B3N5O2/c1-13-8-9-28-22(33)19(13)14-6-7-18-15(10-14)12-29-24(31-18)30-16-4-3-5-17(11-16)32(2)23(34)20(25)21(26)27/h3-12H,25-27H2,1-2H3,(H,28,33)(H,29,30,31). The van der Waals surface area contributed by atoms with E-state index in [0.717, 1.165) is 44.2 Å². The lowest BCUT2D eigenvalue weighted by Crippen LogP contribution is -2.29. The molecule has 0 atom stereocenters. The summed E-state index contributed by atoms with van der Waals surface area (Å²) in [7, 11) is 7.45. The number of aromatic amines is 1. The van der Waals surface area contributed by atoms with E-state index >= 15 is 0 Å². The van der Waals surface area contributed by atoms with Crippen molar-refractivity contribution < 1.29 is 4.79 Å². The smallest absolute Gasteiger partial charge is 0.256 e. The van der Waals surface area contributed by atoms with Crippen LogP contribution in [0.5, 0.6) is 0 Å². The summed E-state index contributed by atoms with van der Waals surface area (Å²) >= 11 is 0. The highest BCUT2D eigenvalue weighted by atomic mass is 16.2. The molecule has 10 heteroatoms. The lowest BCUT2D eigenvalue weighted by molar-refractivity contribution is -0.114. The zero-order chi connectivity index (χ0) is 24.4. The number of pyridine rings is 1. The van der Waals surface area contributed by atoms with Gasteiger partial charge in [0.2, 0.25) is 11.9 Å². The Bertz CT molecular complexity index is 1500. The molecular formula is C24H24B3N5O2. The van der Waals surface area contributed by atoms with E-state index < -0.39 is 0 Å². The van der Waals surface area contributed by atoms with Crippen molar-refractivity contribution in [3.05, 3.63) is 87.7 Å². The fraction of sp³-hybridized carbons (Fsp3) is 0.0833. The van der Waals surface area contributed by atoms with Gasteiger partial charge in [-0.2, -0.15) is 0 Å². The molecule has 0 spiro atoms. The molecule has 0 saturated carbocycles. The number of aromatic nitrogens is 3. The van der Waals surface area contributed by atoms with Gasteiger partial charge in [-0.05, 0) is 59.9 Å². The number of nitrogens with one attached hydrogen (secondary N) is 2. The van der Waals surface area contributed by atoms with Gasteiger partial charge in [-0.15, -0.1) is 5.37 Å². The van der Waals surface area contributed by atoms with Gasteiger partial charge in [-0.3, -0.25) is 9.59 Å². The Labute approximate surface area is 200 Å². The number of H-pyrrole nitrogens is 1. The van der Waals surface area contributed by atoms with Crippen molar-refractivity contribution in [3.63, 3.8) is 0 Å². The van der Waals surface area contributed by atoms with E-state index in [0.29, 0.717) is 11.5 Å². The van der Waals surface area contributed by atoms with Crippen LogP contribution in [0.4, 0.5) is 17.3 Å². The van der Waals surface area contributed by atoms with E-state index in [2.05, 4.69) is 20.3 Å². The van der Waals surface area contributed by atoms with Gasteiger partial charge in [0.05, 0.1) is 5.52 Å². The Morgan fingerprint density at radius 1 is 1.09 bits per heavy atom. The number of amides is 1. The molecule has 0 saturated heterocycles. The molecule has 0 aliphatic heterocycles. The van der Waals surface area contributed by atoms with Crippen molar-refractivity contribution in [2.24, 2.45) is 0 Å². The van der Waals surface area contributed by atoms with Crippen LogP contribution in [0.3, 0.4) is 0 Å². The number of aryl methyl sites for hydroxylation is 1. The van der Waals surface area contributed by atoms with Gasteiger partial charge in [-0.25, -0.2) is 9.97 Å². The fourth-order valence-electron chi connectivity index (χ4n) is 3.69. The molecule has 0 unspecified atom stereocenters. The second-order valence-corrected chi connectivity index (χ2v) is 8.50. The van der Waals surface area contributed by atoms with Crippen LogP contribution in [0.25, 0.3) is 22.0 Å². The van der Waals surface area contributed by atoms with Crippen molar-refractivity contribution in [1.29, 1.82) is 0 Å². The average molecular weight is 447 g/mol. The topological polar surface area (TPSA) is 91.0 Å². The maximum atomic E-state index is 12.7. The SMILES string of the molecule is BC(B)=C(B)C(=O)N(C)c1cccc(Nc2ncc3cc(-c4c(C)cc[nH]c4=O)ccc3n2)c1. The van der Waals surface area contributed by atoms with Gasteiger partial charge in [0.15, 0.2) is 0 Å². The minimum Gasteiger partial charge on any atom is -0.329 e. The van der Waals surface area contributed by atoms with E-state index in [1.165, 1.54) is 0 Å². The van der Waals surface area contributed by atoms with Gasteiger partial charge in [0, 0.05) is 41.8 Å². The highest BCUT2D eigenvalue weighted by Crippen LogP contribution is 2.25. The van der Waals surface area contributed by atoms with Gasteiger partial charge < -0.3 is 15.2 Å². The molecule has 0 fully saturated rings. The van der Waals surface area contributed by atoms with Gasteiger partial charge in [0.1, 0.15) is 23.5 Å². The lowest BCUT2D eigenvalue weighted by atomic mass is 9.69. The molecule has 2 N–H and O–H groups in total. The molecule has 0 radical (unpaired) electrons. The summed E-state index contributed by atoms with van der Waals surface area (Å²) < 4.78 is 0. The molecule has 0 aliphatic carbocycles. The first-order valence-corrected chi connectivity index (χ1v) is 11.0. The average Bonchev–Trinajstić information content (AvgIpc) is 2.82. The number of hydrogen-bond acceptors (Lipinski definition) is 5. The van der Waals surface area contributed by atoms with E-state index in [1.54, 1.807) is 24.3 Å². The number of likely N-dealkylation sites (N-methyl/N-ethyl adjacent to an activating group) is 1. The molecule has 7 nitrogen and oxygen atoms in total. The van der Waals surface area contributed by atoms with Gasteiger partial charge in [-0.1, -0.05) is 12.1 Å². The number of benzene rings is 2. The molecular weight excluding hydrogens is 423 g/mol. The predicted octanol–water partition coefficient (Wildman–Crippen LogP) is 1.07. The molecule has 4 aromatic rings. The van der Waals surface area contributed by atoms with Crippen LogP contribution in [0.15, 0.2) is 76.6 Å². The minimum atomic E-state index is -0.123. The fourth-order valence-corrected chi connectivity index (χ4v) is 3.69. The summed E-state index contributed by atoms with van der Waals surface area (Å²) in [5, 5.41) is 5.05. The van der Waals surface area contributed by atoms with E-state index in [1.807, 2.05) is 79.0 Å². The number of hydrogen-bond donors (Lipinski definition) is 2. The number of nitrogens with zero attached hydrogens (tertiary/aromatic N) is 3. The molecule has 166 valence electrons. The summed E-state index contributed by atoms with van der Waals surface area (Å²) in [6.07, 6.45) is 3.38. The minimum absolute atomic E-state index is 0.0394. The zero-order valence-electron chi connectivity index (χ0n) is 19.9. The van der Waals surface area contributed by atoms with Crippen LogP contribution < -0.4 is 15.8 Å². The third-order valence-electron chi connectivity index (χ3n) is 5.90. The van der Waals surface area contributed by atoms with Crippen LogP contribution in [-0.2, 0) is 4.79 Å². The van der Waals surface area contributed by atoms with Crippen molar-refractivity contribution in [2.75, 3.05) is 17.3 Å². The summed E-state index contributed by atoms with van der Waals surface area (Å²) in [6.45, 7) is 1.92. The van der Waals surface area contributed by atoms with Crippen LogP contribution >= 0.6 is 0 Å². The van der Waals surface area contributed by atoms with Crippen LogP contribution in [0.1, 0.15) is 5.56 Å². The third kappa shape index (κ3) is 4.66. The maximum absolute atomic E-state index is 12.7. The molecule has 2 aromatic heterocycles. The molecule has 4 rings (SSSR count). The highest BCUT2D eigenvalue weighted by Gasteiger charge is 2.14. The van der Waals surface area contributed by atoms with Gasteiger partial charge in [0.25, 0.3) is 5.56 Å². The lowest BCUT2D eigenvalue weighted by Gasteiger charge is -2.20. The Balaban J connectivity index is 1.60. The maximum Gasteiger partial charge on any atom is 0.256 e. The third-order valence-corrected chi connectivity index (χ3v) is 5.90. The Morgan fingerprint density at radius 3 is 2.62 bits per heavy atom. The number of carbonyl (C=O) groups excluding carboxylic acids is 1. The Kier molecular flexibility index (Phi) is 6.41. The molecule has 0 aliphatic rings. The van der Waals surface area contributed by atoms with Crippen molar-refractivity contribution in [1.82, 2.24) is 15.0 Å². The summed E-state index contributed by atoms with van der Waals surface area (Å²) in [6, 6.07) is 15.1. The van der Waals surface area contributed by atoms with E-state index in [9.17, 15) is 9.59 Å². The Morgan fingerprint density at radius 2 is 1.88 bits per heavy atom. The number of anilines is 3. The zero-order valence-corrected chi connectivity index (χ0v) is 19.9. The number of rotatable bonds is 5.